The van der Waals surface area contributed by atoms with Crippen molar-refractivity contribution in [2.75, 3.05) is 26.2 Å². The third kappa shape index (κ3) is 4.22. The molecule has 1 aliphatic heterocycles. The Morgan fingerprint density at radius 1 is 1.03 bits per heavy atom. The molecule has 162 valence electrons. The van der Waals surface area contributed by atoms with Gasteiger partial charge in [0, 0.05) is 49.3 Å². The number of hydrogen-bond donors (Lipinski definition) is 1. The van der Waals surface area contributed by atoms with E-state index in [1.807, 2.05) is 6.07 Å². The quantitative estimate of drug-likeness (QED) is 0.803. The minimum Gasteiger partial charge on any atom is -0.383 e. The van der Waals surface area contributed by atoms with Gasteiger partial charge in [0.1, 0.15) is 6.10 Å². The number of nitrogens with zero attached hydrogens (tertiary/aromatic N) is 3. The average molecular weight is 432 g/mol. The highest BCUT2D eigenvalue weighted by atomic mass is 32.2. The fourth-order valence-corrected chi connectivity index (χ4v) is 6.33. The van der Waals surface area contributed by atoms with Gasteiger partial charge in [-0.05, 0) is 37.3 Å². The van der Waals surface area contributed by atoms with Crippen molar-refractivity contribution in [3.05, 3.63) is 36.7 Å². The lowest BCUT2D eigenvalue weighted by molar-refractivity contribution is -0.143. The number of pyridine rings is 1. The van der Waals surface area contributed by atoms with Crippen LogP contribution in [-0.2, 0) is 14.8 Å². The fourth-order valence-electron chi connectivity index (χ4n) is 4.65. The van der Waals surface area contributed by atoms with E-state index < -0.39 is 16.1 Å². The molecule has 1 atom stereocenters. The maximum absolute atomic E-state index is 13.4. The zero-order chi connectivity index (χ0) is 21.1. The van der Waals surface area contributed by atoms with E-state index in [-0.39, 0.29) is 23.3 Å². The highest BCUT2D eigenvalue weighted by Gasteiger charge is 2.34. The molecular weight excluding hydrogens is 402 g/mol. The first-order valence-corrected chi connectivity index (χ1v) is 12.2. The summed E-state index contributed by atoms with van der Waals surface area (Å²) in [6.45, 7) is 1.35. The third-order valence-electron chi connectivity index (χ3n) is 6.37. The molecule has 0 spiro atoms. The van der Waals surface area contributed by atoms with Crippen molar-refractivity contribution in [2.24, 2.45) is 5.92 Å². The Balaban J connectivity index is 1.49. The van der Waals surface area contributed by atoms with Crippen LogP contribution in [0.5, 0.6) is 0 Å². The molecule has 1 saturated heterocycles. The topological polar surface area (TPSA) is 90.8 Å². The minimum absolute atomic E-state index is 0.0265. The fraction of sp³-hybridized carbons (Fsp3) is 0.545. The largest absolute Gasteiger partial charge is 0.383 e. The first-order valence-electron chi connectivity index (χ1n) is 10.8. The number of sulfonamides is 1. The normalized spacial score (nSPS) is 20.8. The lowest BCUT2D eigenvalue weighted by Gasteiger charge is -2.30. The monoisotopic (exact) mass is 431 g/mol. The zero-order valence-corrected chi connectivity index (χ0v) is 17.9. The van der Waals surface area contributed by atoms with Gasteiger partial charge in [-0.2, -0.15) is 4.31 Å². The summed E-state index contributed by atoms with van der Waals surface area (Å²) in [6, 6.07) is 6.91. The highest BCUT2D eigenvalue weighted by molar-refractivity contribution is 7.89. The van der Waals surface area contributed by atoms with Crippen molar-refractivity contribution in [3.8, 4) is 0 Å². The van der Waals surface area contributed by atoms with Crippen LogP contribution in [0.3, 0.4) is 0 Å². The van der Waals surface area contributed by atoms with Crippen molar-refractivity contribution in [1.29, 1.82) is 0 Å². The van der Waals surface area contributed by atoms with Crippen molar-refractivity contribution in [3.63, 3.8) is 0 Å². The van der Waals surface area contributed by atoms with E-state index in [0.29, 0.717) is 31.4 Å². The van der Waals surface area contributed by atoms with Gasteiger partial charge in [-0.25, -0.2) is 8.42 Å². The highest BCUT2D eigenvalue weighted by Crippen LogP contribution is 2.28. The van der Waals surface area contributed by atoms with Crippen LogP contribution in [0.15, 0.2) is 41.6 Å². The molecule has 2 heterocycles. The Morgan fingerprint density at radius 3 is 2.63 bits per heavy atom. The van der Waals surface area contributed by atoms with Crippen LogP contribution in [0.2, 0.25) is 0 Å². The standard InChI is InChI=1S/C22H29N3O4S/c26-21(17-6-2-1-3-7-17)22(27)24-12-5-13-25(15-14-24)30(28,29)20-9-4-8-18-16-23-11-10-19(18)20/h4,8-11,16-17,21,26H,1-3,5-7,12-15H2/t21-/m1/s1. The zero-order valence-electron chi connectivity index (χ0n) is 17.1. The van der Waals surface area contributed by atoms with Gasteiger partial charge in [0.25, 0.3) is 5.91 Å². The number of carbonyl (C=O) groups excluding carboxylic acids is 1. The van der Waals surface area contributed by atoms with Gasteiger partial charge in [-0.1, -0.05) is 31.4 Å². The summed E-state index contributed by atoms with van der Waals surface area (Å²) in [7, 11) is -3.70. The molecule has 1 aromatic heterocycles. The minimum atomic E-state index is -3.70. The Bertz CT molecular complexity index is 999. The maximum atomic E-state index is 13.4. The molecular formula is C22H29N3O4S. The molecule has 1 saturated carbocycles. The van der Waals surface area contributed by atoms with Crippen molar-refractivity contribution < 1.29 is 18.3 Å². The molecule has 2 aliphatic rings. The van der Waals surface area contributed by atoms with Gasteiger partial charge < -0.3 is 10.0 Å². The molecule has 7 nitrogen and oxygen atoms in total. The molecule has 1 aliphatic carbocycles. The number of amides is 1. The molecule has 1 aromatic carbocycles. The van der Waals surface area contributed by atoms with Gasteiger partial charge in [0.15, 0.2) is 0 Å². The molecule has 8 heteroatoms. The number of carbonyl (C=O) groups is 1. The summed E-state index contributed by atoms with van der Waals surface area (Å²) in [6.07, 6.45) is 7.88. The number of benzene rings is 1. The molecule has 1 amide bonds. The predicted octanol–water partition coefficient (Wildman–Crippen LogP) is 2.40. The Hall–Kier alpha value is -2.03. The van der Waals surface area contributed by atoms with Gasteiger partial charge in [-0.3, -0.25) is 9.78 Å². The second-order valence-corrected chi connectivity index (χ2v) is 10.2. The molecule has 0 unspecified atom stereocenters. The average Bonchev–Trinajstić information content (AvgIpc) is 3.05. The lowest BCUT2D eigenvalue weighted by Crippen LogP contribution is -2.45. The smallest absolute Gasteiger partial charge is 0.251 e. The second kappa shape index (κ2) is 8.99. The second-order valence-electron chi connectivity index (χ2n) is 8.28. The van der Waals surface area contributed by atoms with Crippen LogP contribution >= 0.6 is 0 Å². The van der Waals surface area contributed by atoms with Gasteiger partial charge in [0.2, 0.25) is 10.0 Å². The first kappa shape index (κ1) is 21.2. The third-order valence-corrected chi connectivity index (χ3v) is 8.33. The van der Waals surface area contributed by atoms with E-state index in [1.165, 1.54) is 4.31 Å². The number of aromatic nitrogens is 1. The molecule has 0 bridgehead atoms. The Kier molecular flexibility index (Phi) is 6.36. The van der Waals surface area contributed by atoms with E-state index >= 15 is 0 Å². The molecule has 2 fully saturated rings. The lowest BCUT2D eigenvalue weighted by atomic mass is 9.85. The van der Waals surface area contributed by atoms with E-state index in [4.69, 9.17) is 0 Å². The van der Waals surface area contributed by atoms with Crippen molar-refractivity contribution in [2.45, 2.75) is 49.5 Å². The molecule has 30 heavy (non-hydrogen) atoms. The number of aliphatic hydroxyl groups is 1. The molecule has 4 rings (SSSR count). The van der Waals surface area contributed by atoms with Crippen LogP contribution in [0.25, 0.3) is 10.8 Å². The first-order chi connectivity index (χ1) is 14.5. The molecule has 2 aromatic rings. The van der Waals surface area contributed by atoms with Crippen LogP contribution in [0.4, 0.5) is 0 Å². The van der Waals surface area contributed by atoms with Crippen LogP contribution in [0.1, 0.15) is 38.5 Å². The molecule has 1 N–H and O–H groups in total. The van der Waals surface area contributed by atoms with Gasteiger partial charge >= 0.3 is 0 Å². The van der Waals surface area contributed by atoms with E-state index in [0.717, 1.165) is 37.5 Å². The Labute approximate surface area is 177 Å². The number of rotatable bonds is 4. The van der Waals surface area contributed by atoms with Crippen LogP contribution in [0, 0.1) is 5.92 Å². The van der Waals surface area contributed by atoms with Gasteiger partial charge in [0.05, 0.1) is 4.90 Å². The van der Waals surface area contributed by atoms with E-state index in [2.05, 4.69) is 4.98 Å². The summed E-state index contributed by atoms with van der Waals surface area (Å²) in [5, 5.41) is 12.0. The predicted molar refractivity (Wildman–Crippen MR) is 114 cm³/mol. The number of hydrogen-bond acceptors (Lipinski definition) is 5. The number of aliphatic hydroxyl groups excluding tert-OH is 1. The van der Waals surface area contributed by atoms with Crippen molar-refractivity contribution in [1.82, 2.24) is 14.2 Å². The Morgan fingerprint density at radius 2 is 1.83 bits per heavy atom. The molecule has 0 radical (unpaired) electrons. The van der Waals surface area contributed by atoms with E-state index in [9.17, 15) is 18.3 Å². The summed E-state index contributed by atoms with van der Waals surface area (Å²) in [5.74, 6) is -0.226. The summed E-state index contributed by atoms with van der Waals surface area (Å²) < 4.78 is 28.2. The summed E-state index contributed by atoms with van der Waals surface area (Å²) in [5.41, 5.74) is 0. The summed E-state index contributed by atoms with van der Waals surface area (Å²) >= 11 is 0. The van der Waals surface area contributed by atoms with Crippen LogP contribution in [-0.4, -0.2) is 65.9 Å². The van der Waals surface area contributed by atoms with E-state index in [1.54, 1.807) is 35.5 Å². The van der Waals surface area contributed by atoms with Crippen molar-refractivity contribution >= 4 is 26.7 Å². The SMILES string of the molecule is O=C([C@H](O)C1CCCCC1)N1CCCN(S(=O)(=O)c2cccc3cnccc23)CC1. The maximum Gasteiger partial charge on any atom is 0.251 e. The summed E-state index contributed by atoms with van der Waals surface area (Å²) in [4.78, 5) is 18.8. The number of fused-ring (bicyclic) bond motifs is 1. The van der Waals surface area contributed by atoms with Gasteiger partial charge in [-0.15, -0.1) is 0 Å². The van der Waals surface area contributed by atoms with Crippen LogP contribution < -0.4 is 0 Å².